The number of rotatable bonds is 5. The number of urea groups is 1. The maximum atomic E-state index is 12.1. The SMILES string of the molecule is COc1ccc2c(c1)CCC[C@]2(O)CNC(=O)NCc1ccccc1. The Balaban J connectivity index is 1.60. The van der Waals surface area contributed by atoms with Gasteiger partial charge in [0.15, 0.2) is 0 Å². The van der Waals surface area contributed by atoms with E-state index < -0.39 is 5.60 Å². The standard InChI is InChI=1S/C20H24N2O3/c1-25-17-9-10-18-16(12-17)8-5-11-20(18,24)14-22-19(23)21-13-15-6-3-2-4-7-15/h2-4,6-7,9-10,12,24H,5,8,11,13-14H2,1H3,(H2,21,22,23)/t20-/m0/s1. The number of carbonyl (C=O) groups is 1. The van der Waals surface area contributed by atoms with E-state index in [1.54, 1.807) is 7.11 Å². The lowest BCUT2D eigenvalue weighted by atomic mass is 9.79. The number of benzene rings is 2. The first-order valence-electron chi connectivity index (χ1n) is 8.56. The molecule has 2 aromatic rings. The molecule has 0 saturated carbocycles. The molecule has 2 aromatic carbocycles. The lowest BCUT2D eigenvalue weighted by Gasteiger charge is -2.34. The van der Waals surface area contributed by atoms with E-state index in [9.17, 15) is 9.90 Å². The molecule has 1 atom stereocenters. The van der Waals surface area contributed by atoms with Gasteiger partial charge in [-0.05, 0) is 48.1 Å². The van der Waals surface area contributed by atoms with Crippen LogP contribution in [0.25, 0.3) is 0 Å². The summed E-state index contributed by atoms with van der Waals surface area (Å²) < 4.78 is 5.26. The van der Waals surface area contributed by atoms with Crippen LogP contribution in [0, 0.1) is 0 Å². The second-order valence-corrected chi connectivity index (χ2v) is 6.43. The van der Waals surface area contributed by atoms with Crippen LogP contribution in [-0.2, 0) is 18.6 Å². The zero-order valence-electron chi connectivity index (χ0n) is 14.4. The Bertz CT molecular complexity index is 733. The molecule has 132 valence electrons. The summed E-state index contributed by atoms with van der Waals surface area (Å²) in [6, 6.07) is 15.2. The molecule has 0 bridgehead atoms. The minimum absolute atomic E-state index is 0.187. The van der Waals surface area contributed by atoms with Crippen molar-refractivity contribution in [2.75, 3.05) is 13.7 Å². The first-order valence-corrected chi connectivity index (χ1v) is 8.56. The van der Waals surface area contributed by atoms with Gasteiger partial charge in [-0.15, -0.1) is 0 Å². The van der Waals surface area contributed by atoms with Crippen LogP contribution >= 0.6 is 0 Å². The highest BCUT2D eigenvalue weighted by molar-refractivity contribution is 5.74. The van der Waals surface area contributed by atoms with Crippen LogP contribution in [0.4, 0.5) is 4.79 Å². The van der Waals surface area contributed by atoms with E-state index in [1.807, 2.05) is 48.5 Å². The molecular formula is C20H24N2O3. The van der Waals surface area contributed by atoms with Crippen molar-refractivity contribution in [3.05, 3.63) is 65.2 Å². The second kappa shape index (κ2) is 7.57. The number of nitrogens with one attached hydrogen (secondary N) is 2. The van der Waals surface area contributed by atoms with Crippen molar-refractivity contribution in [3.8, 4) is 5.75 Å². The quantitative estimate of drug-likeness (QED) is 0.784. The van der Waals surface area contributed by atoms with E-state index in [0.29, 0.717) is 13.0 Å². The minimum Gasteiger partial charge on any atom is -0.497 e. The maximum absolute atomic E-state index is 12.1. The summed E-state index contributed by atoms with van der Waals surface area (Å²) in [5.41, 5.74) is 1.96. The van der Waals surface area contributed by atoms with Crippen molar-refractivity contribution < 1.29 is 14.6 Å². The highest BCUT2D eigenvalue weighted by Gasteiger charge is 2.34. The third kappa shape index (κ3) is 4.12. The van der Waals surface area contributed by atoms with Crippen molar-refractivity contribution in [2.24, 2.45) is 0 Å². The summed E-state index contributed by atoms with van der Waals surface area (Å²) >= 11 is 0. The Morgan fingerprint density at radius 1 is 1.20 bits per heavy atom. The zero-order valence-corrected chi connectivity index (χ0v) is 14.4. The number of hydrogen-bond acceptors (Lipinski definition) is 3. The highest BCUT2D eigenvalue weighted by Crippen LogP contribution is 2.36. The summed E-state index contributed by atoms with van der Waals surface area (Å²) in [6.45, 7) is 0.645. The van der Waals surface area contributed by atoms with E-state index in [2.05, 4.69) is 10.6 Å². The molecular weight excluding hydrogens is 316 g/mol. The molecule has 1 aliphatic rings. The molecule has 1 aliphatic carbocycles. The lowest BCUT2D eigenvalue weighted by Crippen LogP contribution is -2.46. The Morgan fingerprint density at radius 2 is 2.00 bits per heavy atom. The van der Waals surface area contributed by atoms with E-state index >= 15 is 0 Å². The molecule has 5 heteroatoms. The summed E-state index contributed by atoms with van der Waals surface area (Å²) in [5, 5.41) is 16.7. The van der Waals surface area contributed by atoms with Gasteiger partial charge < -0.3 is 20.5 Å². The van der Waals surface area contributed by atoms with Crippen LogP contribution in [0.2, 0.25) is 0 Å². The van der Waals surface area contributed by atoms with Crippen LogP contribution in [0.3, 0.4) is 0 Å². The van der Waals surface area contributed by atoms with Gasteiger partial charge in [0.25, 0.3) is 0 Å². The highest BCUT2D eigenvalue weighted by atomic mass is 16.5. The fourth-order valence-electron chi connectivity index (χ4n) is 3.31. The van der Waals surface area contributed by atoms with Gasteiger partial charge in [0.05, 0.1) is 13.7 Å². The van der Waals surface area contributed by atoms with Crippen molar-refractivity contribution in [2.45, 2.75) is 31.4 Å². The van der Waals surface area contributed by atoms with E-state index in [-0.39, 0.29) is 12.6 Å². The van der Waals surface area contributed by atoms with Crippen molar-refractivity contribution >= 4 is 6.03 Å². The summed E-state index contributed by atoms with van der Waals surface area (Å²) in [7, 11) is 1.63. The number of hydrogen-bond donors (Lipinski definition) is 3. The number of methoxy groups -OCH3 is 1. The monoisotopic (exact) mass is 340 g/mol. The Kier molecular flexibility index (Phi) is 5.24. The molecule has 0 saturated heterocycles. The van der Waals surface area contributed by atoms with Gasteiger partial charge in [-0.1, -0.05) is 36.4 Å². The lowest BCUT2D eigenvalue weighted by molar-refractivity contribution is 0.0216. The zero-order chi connectivity index (χ0) is 17.7. The van der Waals surface area contributed by atoms with Gasteiger partial charge in [-0.2, -0.15) is 0 Å². The molecule has 3 rings (SSSR count). The molecule has 5 nitrogen and oxygen atoms in total. The molecule has 0 spiro atoms. The fourth-order valence-corrected chi connectivity index (χ4v) is 3.31. The third-order valence-electron chi connectivity index (χ3n) is 4.69. The molecule has 25 heavy (non-hydrogen) atoms. The van der Waals surface area contributed by atoms with Gasteiger partial charge in [0.1, 0.15) is 11.4 Å². The second-order valence-electron chi connectivity index (χ2n) is 6.43. The fraction of sp³-hybridized carbons (Fsp3) is 0.350. The van der Waals surface area contributed by atoms with Crippen LogP contribution in [-0.4, -0.2) is 24.8 Å². The van der Waals surface area contributed by atoms with Crippen molar-refractivity contribution in [1.29, 1.82) is 0 Å². The molecule has 0 unspecified atom stereocenters. The maximum Gasteiger partial charge on any atom is 0.315 e. The number of aliphatic hydroxyl groups is 1. The topological polar surface area (TPSA) is 70.6 Å². The average Bonchev–Trinajstić information content (AvgIpc) is 2.65. The van der Waals surface area contributed by atoms with Gasteiger partial charge in [-0.25, -0.2) is 4.79 Å². The van der Waals surface area contributed by atoms with Crippen LogP contribution in [0.5, 0.6) is 5.75 Å². The minimum atomic E-state index is -1.04. The van der Waals surface area contributed by atoms with E-state index in [1.165, 1.54) is 0 Å². The van der Waals surface area contributed by atoms with Crippen molar-refractivity contribution in [3.63, 3.8) is 0 Å². The Labute approximate surface area is 148 Å². The summed E-state index contributed by atoms with van der Waals surface area (Å²) in [4.78, 5) is 12.1. The Hall–Kier alpha value is -2.53. The third-order valence-corrected chi connectivity index (χ3v) is 4.69. The number of aryl methyl sites for hydroxylation is 1. The van der Waals surface area contributed by atoms with Gasteiger partial charge in [0, 0.05) is 6.54 Å². The molecule has 2 amide bonds. The summed E-state index contributed by atoms with van der Waals surface area (Å²) in [6.07, 6.45) is 2.42. The molecule has 0 fully saturated rings. The smallest absolute Gasteiger partial charge is 0.315 e. The number of ether oxygens (including phenoxy) is 1. The van der Waals surface area contributed by atoms with Gasteiger partial charge in [0.2, 0.25) is 0 Å². The molecule has 0 aromatic heterocycles. The number of amides is 2. The first-order chi connectivity index (χ1) is 12.1. The van der Waals surface area contributed by atoms with Gasteiger partial charge >= 0.3 is 6.03 Å². The normalized spacial score (nSPS) is 19.0. The molecule has 0 aliphatic heterocycles. The number of carbonyl (C=O) groups excluding carboxylic acids is 1. The van der Waals surface area contributed by atoms with Crippen LogP contribution in [0.1, 0.15) is 29.5 Å². The van der Waals surface area contributed by atoms with Gasteiger partial charge in [-0.3, -0.25) is 0 Å². The first kappa shape index (κ1) is 17.3. The molecule has 3 N–H and O–H groups in total. The number of fused-ring (bicyclic) bond motifs is 1. The van der Waals surface area contributed by atoms with E-state index in [4.69, 9.17) is 4.74 Å². The van der Waals surface area contributed by atoms with Crippen LogP contribution in [0.15, 0.2) is 48.5 Å². The predicted molar refractivity (Wildman–Crippen MR) is 96.5 cm³/mol. The predicted octanol–water partition coefficient (Wildman–Crippen LogP) is 2.72. The van der Waals surface area contributed by atoms with Crippen LogP contribution < -0.4 is 15.4 Å². The molecule has 0 heterocycles. The van der Waals surface area contributed by atoms with Crippen molar-refractivity contribution in [1.82, 2.24) is 10.6 Å². The Morgan fingerprint density at radius 3 is 2.76 bits per heavy atom. The molecule has 0 radical (unpaired) electrons. The summed E-state index contributed by atoms with van der Waals surface area (Å²) in [5.74, 6) is 0.788. The average molecular weight is 340 g/mol. The van der Waals surface area contributed by atoms with E-state index in [0.717, 1.165) is 35.3 Å². The largest absolute Gasteiger partial charge is 0.497 e.